The first-order valence-electron chi connectivity index (χ1n) is 12.2. The molecule has 0 bridgehead atoms. The van der Waals surface area contributed by atoms with Crippen molar-refractivity contribution in [2.24, 2.45) is 0 Å². The predicted octanol–water partition coefficient (Wildman–Crippen LogP) is 6.16. The van der Waals surface area contributed by atoms with Gasteiger partial charge in [0.15, 0.2) is 0 Å². The number of pyridine rings is 1. The first-order valence-corrected chi connectivity index (χ1v) is 13.8. The lowest BCUT2D eigenvalue weighted by atomic mass is 10.1. The smallest absolute Gasteiger partial charge is 0.323 e. The Kier molecular flexibility index (Phi) is 8.96. The van der Waals surface area contributed by atoms with Crippen molar-refractivity contribution in [1.82, 2.24) is 9.29 Å². The van der Waals surface area contributed by atoms with Gasteiger partial charge in [-0.2, -0.15) is 0 Å². The zero-order valence-corrected chi connectivity index (χ0v) is 22.8. The van der Waals surface area contributed by atoms with Crippen molar-refractivity contribution in [3.63, 3.8) is 0 Å². The van der Waals surface area contributed by atoms with E-state index in [0.29, 0.717) is 22.3 Å². The van der Waals surface area contributed by atoms with Gasteiger partial charge in [-0.05, 0) is 61.0 Å². The van der Waals surface area contributed by atoms with Crippen molar-refractivity contribution >= 4 is 44.0 Å². The molecule has 0 unspecified atom stereocenters. The highest BCUT2D eigenvalue weighted by Gasteiger charge is 2.16. The number of benzene rings is 3. The summed E-state index contributed by atoms with van der Waals surface area (Å²) in [5.74, 6) is -0.627. The van der Waals surface area contributed by atoms with Crippen LogP contribution < -0.4 is 20.1 Å². The second-order valence-corrected chi connectivity index (χ2v) is 11.2. The summed E-state index contributed by atoms with van der Waals surface area (Å²) < 4.78 is 64.4. The van der Waals surface area contributed by atoms with Gasteiger partial charge in [0.25, 0.3) is 0 Å². The molecule has 0 aliphatic carbocycles. The number of urea groups is 1. The predicted molar refractivity (Wildman–Crippen MR) is 151 cm³/mol. The molecule has 0 radical (unpaired) electrons. The molecule has 13 heteroatoms. The van der Waals surface area contributed by atoms with Crippen LogP contribution in [0.5, 0.6) is 17.2 Å². The van der Waals surface area contributed by atoms with E-state index >= 15 is 0 Å². The molecule has 0 atom stereocenters. The number of nitrogens with zero attached hydrogens (tertiary/aromatic N) is 3. The number of amides is 2. The van der Waals surface area contributed by atoms with Crippen LogP contribution in [-0.2, 0) is 10.0 Å². The quantitative estimate of drug-likeness (QED) is 0.171. The van der Waals surface area contributed by atoms with Gasteiger partial charge in [0.2, 0.25) is 15.7 Å². The number of hydrogen-bond donors (Lipinski definition) is 2. The minimum absolute atomic E-state index is 0.0822. The normalized spacial score (nSPS) is 11.2. The summed E-state index contributed by atoms with van der Waals surface area (Å²) in [7, 11) is -0.450. The number of aromatic nitrogens is 1. The average Bonchev–Trinajstić information content (AvgIpc) is 2.93. The van der Waals surface area contributed by atoms with E-state index in [1.807, 2.05) is 0 Å². The number of rotatable bonds is 10. The van der Waals surface area contributed by atoms with Gasteiger partial charge in [-0.15, -0.1) is 0 Å². The first-order chi connectivity index (χ1) is 19.6. The number of ether oxygens (including phenoxy) is 2. The van der Waals surface area contributed by atoms with Crippen LogP contribution in [0.25, 0.3) is 15.7 Å². The Morgan fingerprint density at radius 1 is 1.02 bits per heavy atom. The molecule has 0 saturated heterocycles. The van der Waals surface area contributed by atoms with Gasteiger partial charge in [-0.25, -0.2) is 31.1 Å². The van der Waals surface area contributed by atoms with Crippen molar-refractivity contribution < 1.29 is 31.5 Å². The Bertz CT molecular complexity index is 1720. The van der Waals surface area contributed by atoms with E-state index in [9.17, 15) is 22.0 Å². The van der Waals surface area contributed by atoms with E-state index < -0.39 is 27.7 Å². The van der Waals surface area contributed by atoms with E-state index in [0.717, 1.165) is 10.4 Å². The Morgan fingerprint density at radius 3 is 2.46 bits per heavy atom. The van der Waals surface area contributed by atoms with Gasteiger partial charge < -0.3 is 20.1 Å². The fourth-order valence-electron chi connectivity index (χ4n) is 3.64. The Hall–Kier alpha value is -4.80. The van der Waals surface area contributed by atoms with Crippen LogP contribution >= 0.6 is 0 Å². The maximum absolute atomic E-state index is 14.8. The number of carbonyl (C=O) groups is 1. The molecular formula is C28H25F2N5O5S. The molecule has 1 aromatic heterocycles. The summed E-state index contributed by atoms with van der Waals surface area (Å²) in [4.78, 5) is 20.0. The van der Waals surface area contributed by atoms with Gasteiger partial charge in [-0.1, -0.05) is 0 Å². The van der Waals surface area contributed by atoms with Crippen molar-refractivity contribution in [2.75, 3.05) is 37.1 Å². The molecule has 0 aliphatic rings. The summed E-state index contributed by atoms with van der Waals surface area (Å²) in [5, 5.41) is 5.33. The number of halogens is 2. The number of hydrogen-bond acceptors (Lipinski definition) is 6. The Balaban J connectivity index is 1.46. The summed E-state index contributed by atoms with van der Waals surface area (Å²) in [6.45, 7) is 7.63. The number of anilines is 2. The number of sulfonamides is 1. The maximum atomic E-state index is 14.8. The first kappa shape index (κ1) is 29.2. The molecule has 1 heterocycles. The van der Waals surface area contributed by atoms with Crippen LogP contribution in [0.15, 0.2) is 66.9 Å². The molecule has 0 aliphatic heterocycles. The highest BCUT2D eigenvalue weighted by atomic mass is 32.2. The van der Waals surface area contributed by atoms with E-state index in [-0.39, 0.29) is 41.7 Å². The molecule has 2 amide bonds. The van der Waals surface area contributed by atoms with Crippen molar-refractivity contribution in [3.8, 4) is 17.2 Å². The number of carbonyl (C=O) groups excluding carboxylic acids is 1. The van der Waals surface area contributed by atoms with Gasteiger partial charge in [0.05, 0.1) is 30.1 Å². The topological polar surface area (TPSA) is 114 Å². The van der Waals surface area contributed by atoms with Crippen molar-refractivity contribution in [1.29, 1.82) is 0 Å². The number of nitrogens with one attached hydrogen (secondary N) is 2. The fourth-order valence-corrected chi connectivity index (χ4v) is 4.49. The van der Waals surface area contributed by atoms with E-state index in [2.05, 4.69) is 20.5 Å². The maximum Gasteiger partial charge on any atom is 0.323 e. The largest absolute Gasteiger partial charge is 0.505 e. The average molecular weight is 582 g/mol. The number of fused-ring (bicyclic) bond motifs is 1. The summed E-state index contributed by atoms with van der Waals surface area (Å²) in [6, 6.07) is 12.9. The molecule has 0 spiro atoms. The lowest BCUT2D eigenvalue weighted by Gasteiger charge is -2.14. The highest BCUT2D eigenvalue weighted by Crippen LogP contribution is 2.38. The fraction of sp³-hybridized carbons (Fsp3) is 0.179. The molecule has 41 heavy (non-hydrogen) atoms. The van der Waals surface area contributed by atoms with E-state index in [1.165, 1.54) is 62.8 Å². The van der Waals surface area contributed by atoms with Crippen molar-refractivity contribution in [3.05, 3.63) is 89.9 Å². The van der Waals surface area contributed by atoms with Gasteiger partial charge in [-0.3, -0.25) is 4.98 Å². The Labute approximate surface area is 235 Å². The van der Waals surface area contributed by atoms with Crippen LogP contribution in [0.2, 0.25) is 0 Å². The minimum atomic E-state index is -3.36. The van der Waals surface area contributed by atoms with Crippen LogP contribution in [0, 0.1) is 18.2 Å². The van der Waals surface area contributed by atoms with E-state index in [4.69, 9.17) is 16.0 Å². The monoisotopic (exact) mass is 581 g/mol. The van der Waals surface area contributed by atoms with Crippen molar-refractivity contribution in [2.45, 2.75) is 6.42 Å². The minimum Gasteiger partial charge on any atom is -0.505 e. The molecule has 4 aromatic rings. The molecule has 0 saturated carbocycles. The van der Waals surface area contributed by atoms with Crippen LogP contribution in [0.3, 0.4) is 0 Å². The molecule has 0 fully saturated rings. The second kappa shape index (κ2) is 12.6. The summed E-state index contributed by atoms with van der Waals surface area (Å²) in [5.41, 5.74) is 0.844. The molecule has 4 rings (SSSR count). The van der Waals surface area contributed by atoms with E-state index in [1.54, 1.807) is 12.1 Å². The third-order valence-electron chi connectivity index (χ3n) is 5.78. The molecular weight excluding hydrogens is 556 g/mol. The van der Waals surface area contributed by atoms with Gasteiger partial charge in [0.1, 0.15) is 28.9 Å². The van der Waals surface area contributed by atoms with Crippen LogP contribution in [-0.4, -0.2) is 50.2 Å². The van der Waals surface area contributed by atoms with Crippen LogP contribution in [0.1, 0.15) is 6.42 Å². The standard InChI is InChI=1S/C28H25F2N5O5S/c1-31-25-16-21-24(17-27(25)39-13-4-14-41(37,38)35(2)3)32-12-11-26(21)40-20-9-10-23(22(30)15-20)34-28(36)33-19-7-5-18(29)6-8-19/h5-12,15-17H,4,13-14H2,2-3H3,(H2,33,34,36). The summed E-state index contributed by atoms with van der Waals surface area (Å²) in [6.07, 6.45) is 1.71. The lowest BCUT2D eigenvalue weighted by Crippen LogP contribution is -2.25. The second-order valence-electron chi connectivity index (χ2n) is 8.89. The molecule has 3 aromatic carbocycles. The highest BCUT2D eigenvalue weighted by molar-refractivity contribution is 7.89. The molecule has 212 valence electrons. The zero-order chi connectivity index (χ0) is 29.6. The van der Waals surface area contributed by atoms with Gasteiger partial charge >= 0.3 is 6.03 Å². The third-order valence-corrected chi connectivity index (χ3v) is 7.70. The van der Waals surface area contributed by atoms with Crippen LogP contribution in [0.4, 0.5) is 30.6 Å². The lowest BCUT2D eigenvalue weighted by molar-refractivity contribution is 0.262. The third kappa shape index (κ3) is 7.44. The molecule has 2 N–H and O–H groups in total. The summed E-state index contributed by atoms with van der Waals surface area (Å²) >= 11 is 0. The Morgan fingerprint density at radius 2 is 1.78 bits per heavy atom. The SMILES string of the molecule is [C-]#[N+]c1cc2c(Oc3ccc(NC(=O)Nc4ccc(F)cc4)c(F)c3)ccnc2cc1OCCCS(=O)(=O)N(C)C. The zero-order valence-electron chi connectivity index (χ0n) is 22.0. The molecule has 10 nitrogen and oxygen atoms in total. The van der Waals surface area contributed by atoms with Gasteiger partial charge in [0, 0.05) is 37.4 Å².